The fourth-order valence-electron chi connectivity index (χ4n) is 1.20. The Balaban J connectivity index is 2.43. The zero-order valence-corrected chi connectivity index (χ0v) is 8.25. The molecular formula is C10H4F3N3O. The van der Waals surface area contributed by atoms with E-state index in [4.69, 9.17) is 5.26 Å². The molecule has 86 valence electrons. The molecule has 17 heavy (non-hydrogen) atoms. The minimum atomic E-state index is -1.56. The Kier molecular flexibility index (Phi) is 2.78. The van der Waals surface area contributed by atoms with Crippen LogP contribution in [0, 0.1) is 28.8 Å². The molecule has 0 aliphatic heterocycles. The molecule has 1 aromatic heterocycles. The highest BCUT2D eigenvalue weighted by molar-refractivity contribution is 5.54. The first-order chi connectivity index (χ1) is 8.11. The minimum absolute atomic E-state index is 0.0210. The van der Waals surface area contributed by atoms with Crippen LogP contribution < -0.4 is 0 Å². The molecule has 2 rings (SSSR count). The predicted molar refractivity (Wildman–Crippen MR) is 48.9 cm³/mol. The molecular weight excluding hydrogens is 235 g/mol. The Morgan fingerprint density at radius 3 is 2.47 bits per heavy atom. The summed E-state index contributed by atoms with van der Waals surface area (Å²) in [5.41, 5.74) is -0.0608. The molecule has 0 aliphatic rings. The summed E-state index contributed by atoms with van der Waals surface area (Å²) in [4.78, 5) is 3.73. The fraction of sp³-hybridized carbons (Fsp3) is 0.100. The Bertz CT molecular complexity index is 580. The van der Waals surface area contributed by atoms with Gasteiger partial charge in [-0.1, -0.05) is 5.16 Å². The topological polar surface area (TPSA) is 62.7 Å². The van der Waals surface area contributed by atoms with Gasteiger partial charge >= 0.3 is 0 Å². The number of hydrogen-bond acceptors (Lipinski definition) is 4. The Morgan fingerprint density at radius 1 is 1.24 bits per heavy atom. The van der Waals surface area contributed by atoms with E-state index < -0.39 is 17.5 Å². The van der Waals surface area contributed by atoms with Gasteiger partial charge in [0.15, 0.2) is 17.5 Å². The van der Waals surface area contributed by atoms with Gasteiger partial charge in [0.1, 0.15) is 6.42 Å². The molecule has 0 saturated carbocycles. The molecule has 0 N–H and O–H groups in total. The molecule has 1 aromatic carbocycles. The lowest BCUT2D eigenvalue weighted by molar-refractivity contribution is 0.387. The lowest BCUT2D eigenvalue weighted by Crippen LogP contribution is -1.92. The zero-order valence-electron chi connectivity index (χ0n) is 8.25. The summed E-state index contributed by atoms with van der Waals surface area (Å²) < 4.78 is 43.2. The van der Waals surface area contributed by atoms with Crippen LogP contribution in [0.15, 0.2) is 16.7 Å². The van der Waals surface area contributed by atoms with Gasteiger partial charge in [-0.25, -0.2) is 13.2 Å². The third-order valence-corrected chi connectivity index (χ3v) is 1.94. The van der Waals surface area contributed by atoms with Crippen LogP contribution in [0.2, 0.25) is 0 Å². The molecule has 0 radical (unpaired) electrons. The molecule has 0 fully saturated rings. The normalized spacial score (nSPS) is 10.2. The van der Waals surface area contributed by atoms with Crippen molar-refractivity contribution in [3.05, 3.63) is 35.5 Å². The van der Waals surface area contributed by atoms with Gasteiger partial charge in [-0.05, 0) is 12.1 Å². The van der Waals surface area contributed by atoms with Crippen LogP contribution in [0.1, 0.15) is 5.89 Å². The Hall–Kier alpha value is -2.36. The highest BCUT2D eigenvalue weighted by Crippen LogP contribution is 2.21. The monoisotopic (exact) mass is 239 g/mol. The second-order valence-corrected chi connectivity index (χ2v) is 3.10. The summed E-state index contributed by atoms with van der Waals surface area (Å²) in [6.45, 7) is 0. The number of hydrogen-bond donors (Lipinski definition) is 0. The smallest absolute Gasteiger partial charge is 0.241 e. The zero-order chi connectivity index (χ0) is 12.4. The maximum absolute atomic E-state index is 12.9. The summed E-state index contributed by atoms with van der Waals surface area (Å²) in [6.07, 6.45) is -0.112. The molecule has 0 amide bonds. The molecule has 0 unspecified atom stereocenters. The standard InChI is InChI=1S/C10H4F3N3O/c11-6-3-5(4-7(12)9(6)13)10-15-8(1-2-14)17-16-10/h3-4H,1H2. The van der Waals surface area contributed by atoms with Crippen molar-refractivity contribution >= 4 is 0 Å². The van der Waals surface area contributed by atoms with E-state index in [2.05, 4.69) is 14.7 Å². The molecule has 2 aromatic rings. The number of halogens is 3. The first-order valence-electron chi connectivity index (χ1n) is 4.46. The molecule has 1 heterocycles. The molecule has 0 aliphatic carbocycles. The summed E-state index contributed by atoms with van der Waals surface area (Å²) in [5.74, 6) is -4.33. The van der Waals surface area contributed by atoms with E-state index in [1.807, 2.05) is 0 Å². The lowest BCUT2D eigenvalue weighted by atomic mass is 10.2. The Labute approximate surface area is 93.3 Å². The van der Waals surface area contributed by atoms with Gasteiger partial charge < -0.3 is 4.52 Å². The van der Waals surface area contributed by atoms with E-state index in [1.165, 1.54) is 0 Å². The maximum atomic E-state index is 12.9. The molecule has 0 atom stereocenters. The highest BCUT2D eigenvalue weighted by Gasteiger charge is 2.15. The molecule has 0 spiro atoms. The van der Waals surface area contributed by atoms with Gasteiger partial charge in [-0.15, -0.1) is 0 Å². The van der Waals surface area contributed by atoms with Crippen molar-refractivity contribution < 1.29 is 17.7 Å². The van der Waals surface area contributed by atoms with Crippen LogP contribution in [0.3, 0.4) is 0 Å². The van der Waals surface area contributed by atoms with Gasteiger partial charge in [-0.2, -0.15) is 10.2 Å². The van der Waals surface area contributed by atoms with Crippen molar-refractivity contribution in [2.24, 2.45) is 0 Å². The second kappa shape index (κ2) is 4.25. The molecule has 0 bridgehead atoms. The minimum Gasteiger partial charge on any atom is -0.338 e. The van der Waals surface area contributed by atoms with E-state index in [-0.39, 0.29) is 23.7 Å². The van der Waals surface area contributed by atoms with E-state index in [0.717, 1.165) is 12.1 Å². The molecule has 7 heteroatoms. The van der Waals surface area contributed by atoms with Crippen LogP contribution in [0.25, 0.3) is 11.4 Å². The third kappa shape index (κ3) is 2.10. The van der Waals surface area contributed by atoms with Gasteiger partial charge in [0, 0.05) is 5.56 Å². The number of aromatic nitrogens is 2. The first kappa shape index (κ1) is 11.1. The van der Waals surface area contributed by atoms with Gasteiger partial charge in [0.05, 0.1) is 6.07 Å². The summed E-state index contributed by atoms with van der Waals surface area (Å²) in [7, 11) is 0. The largest absolute Gasteiger partial charge is 0.338 e. The van der Waals surface area contributed by atoms with E-state index in [9.17, 15) is 13.2 Å². The number of rotatable bonds is 2. The number of nitrogens with zero attached hydrogens (tertiary/aromatic N) is 3. The van der Waals surface area contributed by atoms with E-state index in [0.29, 0.717) is 0 Å². The fourth-order valence-corrected chi connectivity index (χ4v) is 1.20. The van der Waals surface area contributed by atoms with Crippen LogP contribution >= 0.6 is 0 Å². The molecule has 0 saturated heterocycles. The predicted octanol–water partition coefficient (Wildman–Crippen LogP) is 2.22. The van der Waals surface area contributed by atoms with Gasteiger partial charge in [0.25, 0.3) is 0 Å². The van der Waals surface area contributed by atoms with E-state index in [1.54, 1.807) is 6.07 Å². The summed E-state index contributed by atoms with van der Waals surface area (Å²) >= 11 is 0. The first-order valence-corrected chi connectivity index (χ1v) is 4.46. The van der Waals surface area contributed by atoms with Crippen LogP contribution in [0.5, 0.6) is 0 Å². The third-order valence-electron chi connectivity index (χ3n) is 1.94. The van der Waals surface area contributed by atoms with Crippen LogP contribution in [-0.2, 0) is 6.42 Å². The van der Waals surface area contributed by atoms with Crippen molar-refractivity contribution in [3.63, 3.8) is 0 Å². The van der Waals surface area contributed by atoms with Crippen LogP contribution in [-0.4, -0.2) is 10.1 Å². The maximum Gasteiger partial charge on any atom is 0.241 e. The lowest BCUT2D eigenvalue weighted by Gasteiger charge is -1.97. The quantitative estimate of drug-likeness (QED) is 0.754. The highest BCUT2D eigenvalue weighted by atomic mass is 19.2. The van der Waals surface area contributed by atoms with Crippen molar-refractivity contribution in [1.82, 2.24) is 10.1 Å². The average Bonchev–Trinajstić information content (AvgIpc) is 2.74. The van der Waals surface area contributed by atoms with Crippen molar-refractivity contribution in [2.75, 3.05) is 0 Å². The number of nitriles is 1. The summed E-state index contributed by atoms with van der Waals surface area (Å²) in [6, 6.07) is 3.28. The van der Waals surface area contributed by atoms with Crippen molar-refractivity contribution in [1.29, 1.82) is 5.26 Å². The van der Waals surface area contributed by atoms with Crippen molar-refractivity contribution in [2.45, 2.75) is 6.42 Å². The molecule has 4 nitrogen and oxygen atoms in total. The van der Waals surface area contributed by atoms with Crippen LogP contribution in [0.4, 0.5) is 13.2 Å². The SMILES string of the molecule is N#CCc1nc(-c2cc(F)c(F)c(F)c2)no1. The van der Waals surface area contributed by atoms with Gasteiger partial charge in [-0.3, -0.25) is 0 Å². The van der Waals surface area contributed by atoms with Gasteiger partial charge in [0.2, 0.25) is 11.7 Å². The second-order valence-electron chi connectivity index (χ2n) is 3.10. The van der Waals surface area contributed by atoms with Crippen molar-refractivity contribution in [3.8, 4) is 17.5 Å². The number of benzene rings is 1. The average molecular weight is 239 g/mol. The Morgan fingerprint density at radius 2 is 1.88 bits per heavy atom. The van der Waals surface area contributed by atoms with E-state index >= 15 is 0 Å². The summed E-state index contributed by atoms with van der Waals surface area (Å²) in [5, 5.41) is 11.8.